The highest BCUT2D eigenvalue weighted by Crippen LogP contribution is 2.36. The molecule has 0 saturated heterocycles. The number of nitrogens with zero attached hydrogens (tertiary/aromatic N) is 4. The van der Waals surface area contributed by atoms with E-state index < -0.39 is 24.2 Å². The molecule has 6 nitrogen and oxygen atoms in total. The number of carbonyl (C=O) groups is 1. The fraction of sp³-hybridized carbons (Fsp3) is 0.240. The molecule has 0 unspecified atom stereocenters. The van der Waals surface area contributed by atoms with E-state index in [1.165, 1.54) is 24.9 Å². The Balaban J connectivity index is 1.56. The number of aromatic nitrogens is 3. The fourth-order valence-corrected chi connectivity index (χ4v) is 4.26. The summed E-state index contributed by atoms with van der Waals surface area (Å²) in [5.41, 5.74) is 0.491. The van der Waals surface area contributed by atoms with Gasteiger partial charge in [0.15, 0.2) is 0 Å². The number of pyridine rings is 1. The van der Waals surface area contributed by atoms with Crippen molar-refractivity contribution >= 4 is 16.8 Å². The van der Waals surface area contributed by atoms with E-state index in [0.717, 1.165) is 16.8 Å². The van der Waals surface area contributed by atoms with Crippen molar-refractivity contribution in [1.29, 1.82) is 0 Å². The second-order valence-corrected chi connectivity index (χ2v) is 8.63. The summed E-state index contributed by atoms with van der Waals surface area (Å²) in [6.07, 6.45) is 2.84. The highest BCUT2D eigenvalue weighted by atomic mass is 19.1. The Labute approximate surface area is 193 Å². The van der Waals surface area contributed by atoms with Gasteiger partial charge in [0.2, 0.25) is 0 Å². The molecule has 2 aromatic heterocycles. The maximum absolute atomic E-state index is 15.2. The van der Waals surface area contributed by atoms with Crippen LogP contribution in [0.3, 0.4) is 0 Å². The van der Waals surface area contributed by atoms with E-state index in [9.17, 15) is 9.90 Å². The highest BCUT2D eigenvalue weighted by molar-refractivity contribution is 5.98. The van der Waals surface area contributed by atoms with Crippen LogP contribution >= 0.6 is 0 Å². The second-order valence-electron chi connectivity index (χ2n) is 8.63. The first-order valence-electron chi connectivity index (χ1n) is 11.8. The Hall–Kier alpha value is -3.65. The van der Waals surface area contributed by atoms with Crippen LogP contribution in [0.4, 0.5) is 8.78 Å². The SMILES string of the molecule is [2H]C([2H])([2H])n1cc2c(-c3cc(F)c(CN4Cc5ncccc5C4=O)c(F)c3)ccc(C(C)(C)O)c2n1. The van der Waals surface area contributed by atoms with Gasteiger partial charge in [-0.3, -0.25) is 14.5 Å². The lowest BCUT2D eigenvalue weighted by molar-refractivity contribution is 0.0762. The number of halogens is 2. The molecular formula is C25H22F2N4O2. The summed E-state index contributed by atoms with van der Waals surface area (Å²) in [5, 5.41) is 15.0. The van der Waals surface area contributed by atoms with Gasteiger partial charge in [0.25, 0.3) is 5.91 Å². The van der Waals surface area contributed by atoms with Gasteiger partial charge in [0, 0.05) is 40.0 Å². The summed E-state index contributed by atoms with van der Waals surface area (Å²) in [4.78, 5) is 18.1. The van der Waals surface area contributed by atoms with Gasteiger partial charge in [-0.25, -0.2) is 8.78 Å². The van der Waals surface area contributed by atoms with Crippen molar-refractivity contribution in [3.63, 3.8) is 0 Å². The van der Waals surface area contributed by atoms with Crippen molar-refractivity contribution in [2.45, 2.75) is 32.5 Å². The molecule has 1 aliphatic heterocycles. The zero-order valence-electron chi connectivity index (χ0n) is 20.9. The van der Waals surface area contributed by atoms with Crippen LogP contribution in [0.15, 0.2) is 48.8 Å². The topological polar surface area (TPSA) is 71.2 Å². The van der Waals surface area contributed by atoms with Gasteiger partial charge in [-0.05, 0) is 49.2 Å². The molecule has 2 aromatic carbocycles. The Morgan fingerprint density at radius 2 is 1.94 bits per heavy atom. The maximum Gasteiger partial charge on any atom is 0.256 e. The lowest BCUT2D eigenvalue weighted by Crippen LogP contribution is -2.24. The largest absolute Gasteiger partial charge is 0.386 e. The molecule has 0 radical (unpaired) electrons. The smallest absolute Gasteiger partial charge is 0.256 e. The average Bonchev–Trinajstić information content (AvgIpc) is 3.37. The van der Waals surface area contributed by atoms with E-state index in [0.29, 0.717) is 27.8 Å². The molecule has 0 fully saturated rings. The molecule has 0 saturated carbocycles. The Morgan fingerprint density at radius 1 is 1.18 bits per heavy atom. The van der Waals surface area contributed by atoms with Crippen molar-refractivity contribution in [1.82, 2.24) is 19.7 Å². The minimum absolute atomic E-state index is 0.156. The third-order valence-corrected chi connectivity index (χ3v) is 5.88. The number of hydrogen-bond acceptors (Lipinski definition) is 4. The number of amides is 1. The standard InChI is InChI=1S/C25H22F2N4O2/c1-25(2,33)19-7-6-15(17-11-30(3)29-23(17)19)14-9-20(26)18(21(27)10-14)12-31-13-22-16(24(31)32)5-4-8-28-22/h4-11,33H,12-13H2,1-3H3/i3D3. The van der Waals surface area contributed by atoms with Gasteiger partial charge in [0.1, 0.15) is 11.6 Å². The minimum atomic E-state index is -2.58. The normalized spacial score (nSPS) is 15.5. The minimum Gasteiger partial charge on any atom is -0.386 e. The van der Waals surface area contributed by atoms with Gasteiger partial charge in [-0.2, -0.15) is 5.10 Å². The zero-order chi connectivity index (χ0) is 26.0. The summed E-state index contributed by atoms with van der Waals surface area (Å²) in [5.74, 6) is -2.03. The van der Waals surface area contributed by atoms with E-state index >= 15 is 8.78 Å². The molecule has 33 heavy (non-hydrogen) atoms. The third-order valence-electron chi connectivity index (χ3n) is 5.88. The maximum atomic E-state index is 15.2. The molecule has 0 aliphatic carbocycles. The fourth-order valence-electron chi connectivity index (χ4n) is 4.26. The Bertz CT molecular complexity index is 1500. The van der Waals surface area contributed by atoms with Crippen molar-refractivity contribution in [3.05, 3.63) is 82.8 Å². The number of carbonyl (C=O) groups excluding carboxylic acids is 1. The van der Waals surface area contributed by atoms with Crippen LogP contribution in [0.5, 0.6) is 0 Å². The van der Waals surface area contributed by atoms with Crippen molar-refractivity contribution < 1.29 is 22.8 Å². The van der Waals surface area contributed by atoms with E-state index in [4.69, 9.17) is 4.11 Å². The average molecular weight is 451 g/mol. The first-order chi connectivity index (χ1) is 16.8. The number of aliphatic hydroxyl groups is 1. The molecule has 1 amide bonds. The van der Waals surface area contributed by atoms with Crippen molar-refractivity contribution in [3.8, 4) is 11.1 Å². The molecule has 5 rings (SSSR count). The zero-order valence-corrected chi connectivity index (χ0v) is 17.9. The van der Waals surface area contributed by atoms with Crippen LogP contribution in [-0.2, 0) is 25.7 Å². The van der Waals surface area contributed by atoms with Crippen LogP contribution in [0.2, 0.25) is 0 Å². The summed E-state index contributed by atoms with van der Waals surface area (Å²) in [7, 11) is 0. The van der Waals surface area contributed by atoms with Crippen LogP contribution in [-0.4, -0.2) is 30.7 Å². The Morgan fingerprint density at radius 3 is 2.61 bits per heavy atom. The molecule has 4 aromatic rings. The highest BCUT2D eigenvalue weighted by Gasteiger charge is 2.30. The number of hydrogen-bond donors (Lipinski definition) is 1. The van der Waals surface area contributed by atoms with E-state index in [-0.39, 0.29) is 35.6 Å². The van der Waals surface area contributed by atoms with Gasteiger partial charge in [-0.1, -0.05) is 12.1 Å². The number of aryl methyl sites for hydroxylation is 1. The van der Waals surface area contributed by atoms with Crippen LogP contribution in [0.1, 0.15) is 45.1 Å². The van der Waals surface area contributed by atoms with Crippen LogP contribution in [0, 0.1) is 11.6 Å². The summed E-state index contributed by atoms with van der Waals surface area (Å²) in [6.45, 7) is 0.386. The summed E-state index contributed by atoms with van der Waals surface area (Å²) >= 11 is 0. The van der Waals surface area contributed by atoms with E-state index in [2.05, 4.69) is 10.1 Å². The summed E-state index contributed by atoms with van der Waals surface area (Å²) < 4.78 is 54.3. The van der Waals surface area contributed by atoms with Gasteiger partial charge in [0.05, 0.1) is 35.5 Å². The monoisotopic (exact) mass is 451 g/mol. The second kappa shape index (κ2) is 7.45. The number of rotatable bonds is 4. The quantitative estimate of drug-likeness (QED) is 0.502. The molecule has 1 N–H and O–H groups in total. The first kappa shape index (κ1) is 17.9. The summed E-state index contributed by atoms with van der Waals surface area (Å²) in [6, 6.07) is 8.69. The number of fused-ring (bicyclic) bond motifs is 2. The molecule has 1 aliphatic rings. The molecule has 168 valence electrons. The molecule has 0 bridgehead atoms. The lowest BCUT2D eigenvalue weighted by Gasteiger charge is -2.19. The molecule has 3 heterocycles. The lowest BCUT2D eigenvalue weighted by atomic mass is 9.91. The van der Waals surface area contributed by atoms with E-state index in [1.807, 2.05) is 0 Å². The molecule has 0 spiro atoms. The van der Waals surface area contributed by atoms with Gasteiger partial charge in [-0.15, -0.1) is 0 Å². The van der Waals surface area contributed by atoms with E-state index in [1.54, 1.807) is 30.5 Å². The molecular weight excluding hydrogens is 426 g/mol. The van der Waals surface area contributed by atoms with Crippen LogP contribution < -0.4 is 0 Å². The first-order valence-corrected chi connectivity index (χ1v) is 10.3. The molecule has 8 heteroatoms. The van der Waals surface area contributed by atoms with Crippen molar-refractivity contribution in [2.24, 2.45) is 6.98 Å². The predicted octanol–water partition coefficient (Wildman–Crippen LogP) is 4.30. The van der Waals surface area contributed by atoms with Gasteiger partial charge >= 0.3 is 0 Å². The third kappa shape index (κ3) is 3.56. The Kier molecular flexibility index (Phi) is 4.03. The van der Waals surface area contributed by atoms with Crippen molar-refractivity contribution in [2.75, 3.05) is 0 Å². The molecule has 0 atom stereocenters. The van der Waals surface area contributed by atoms with Crippen LogP contribution in [0.25, 0.3) is 22.0 Å². The predicted molar refractivity (Wildman–Crippen MR) is 119 cm³/mol. The number of benzene rings is 2. The van der Waals surface area contributed by atoms with Gasteiger partial charge < -0.3 is 10.0 Å².